The third-order valence-electron chi connectivity index (χ3n) is 5.97. The Kier molecular flexibility index (Phi) is 7.14. The number of rotatable bonds is 9. The van der Waals surface area contributed by atoms with Gasteiger partial charge < -0.3 is 20.6 Å². The first-order valence-corrected chi connectivity index (χ1v) is 11.4. The number of aliphatic hydroxyl groups is 1. The van der Waals surface area contributed by atoms with E-state index in [1.54, 1.807) is 0 Å². The van der Waals surface area contributed by atoms with Crippen molar-refractivity contribution in [3.05, 3.63) is 114 Å². The van der Waals surface area contributed by atoms with Crippen LogP contribution in [0.4, 0.5) is 15.8 Å². The molecule has 0 amide bonds. The number of fused-ring (bicyclic) bond motifs is 1. The molecule has 5 heteroatoms. The second-order valence-corrected chi connectivity index (χ2v) is 8.39. The molecule has 34 heavy (non-hydrogen) atoms. The van der Waals surface area contributed by atoms with Gasteiger partial charge in [-0.1, -0.05) is 67.8 Å². The molecule has 0 radical (unpaired) electrons. The minimum Gasteiger partial charge on any atom is -0.508 e. The van der Waals surface area contributed by atoms with E-state index in [1.807, 2.05) is 42.4 Å². The Labute approximate surface area is 200 Å². The molecule has 3 N–H and O–H groups in total. The van der Waals surface area contributed by atoms with Crippen molar-refractivity contribution in [1.82, 2.24) is 5.32 Å². The SMILES string of the molecule is C=C(O)C1=CN(Cc2ccc(-c3ccccc3)cc2)c2cc(NCCCNC)c(F)cc2C1=C. The number of halogens is 1. The second-order valence-electron chi connectivity index (χ2n) is 8.39. The van der Waals surface area contributed by atoms with Crippen LogP contribution in [0.15, 0.2) is 97.4 Å². The monoisotopic (exact) mass is 455 g/mol. The lowest BCUT2D eigenvalue weighted by atomic mass is 9.92. The standard InChI is InChI=1S/C29H30FN3O/c1-20-25-16-27(30)28(32-15-7-14-31-3)17-29(25)33(19-26(20)21(2)34)18-22-10-12-24(13-11-22)23-8-5-4-6-9-23/h4-6,8-13,16-17,19,31-32,34H,1-2,7,14-15,18H2,3H3. The maximum Gasteiger partial charge on any atom is 0.147 e. The number of benzene rings is 3. The van der Waals surface area contributed by atoms with Gasteiger partial charge in [-0.25, -0.2) is 4.39 Å². The third-order valence-corrected chi connectivity index (χ3v) is 5.97. The number of allylic oxidation sites excluding steroid dienone is 1. The van der Waals surface area contributed by atoms with Gasteiger partial charge in [0, 0.05) is 30.4 Å². The molecule has 0 aliphatic carbocycles. The van der Waals surface area contributed by atoms with Crippen LogP contribution in [0.1, 0.15) is 17.5 Å². The molecule has 174 valence electrons. The Morgan fingerprint density at radius 1 is 1.00 bits per heavy atom. The summed E-state index contributed by atoms with van der Waals surface area (Å²) in [7, 11) is 1.90. The molecule has 4 rings (SSSR count). The van der Waals surface area contributed by atoms with Crippen LogP contribution in [-0.2, 0) is 6.54 Å². The van der Waals surface area contributed by atoms with Gasteiger partial charge in [0.15, 0.2) is 0 Å². The van der Waals surface area contributed by atoms with Gasteiger partial charge in [-0.15, -0.1) is 0 Å². The quantitative estimate of drug-likeness (QED) is 0.254. The normalized spacial score (nSPS) is 12.8. The molecule has 4 nitrogen and oxygen atoms in total. The molecule has 3 aromatic carbocycles. The molecule has 3 aromatic rings. The Hall–Kier alpha value is -3.83. The number of nitrogens with zero attached hydrogens (tertiary/aromatic N) is 1. The van der Waals surface area contributed by atoms with E-state index in [-0.39, 0.29) is 11.6 Å². The number of nitrogens with one attached hydrogen (secondary N) is 2. The average Bonchev–Trinajstić information content (AvgIpc) is 2.85. The molecule has 0 unspecified atom stereocenters. The summed E-state index contributed by atoms with van der Waals surface area (Å²) < 4.78 is 14.9. The van der Waals surface area contributed by atoms with Gasteiger partial charge >= 0.3 is 0 Å². The van der Waals surface area contributed by atoms with E-state index in [0.29, 0.717) is 35.5 Å². The van der Waals surface area contributed by atoms with E-state index in [4.69, 9.17) is 0 Å². The predicted octanol–water partition coefficient (Wildman–Crippen LogP) is 6.50. The molecule has 0 atom stereocenters. The van der Waals surface area contributed by atoms with E-state index in [0.717, 1.165) is 35.3 Å². The van der Waals surface area contributed by atoms with Crippen molar-refractivity contribution in [2.45, 2.75) is 13.0 Å². The van der Waals surface area contributed by atoms with Crippen molar-refractivity contribution in [1.29, 1.82) is 0 Å². The van der Waals surface area contributed by atoms with E-state index in [2.05, 4.69) is 60.2 Å². The maximum atomic E-state index is 14.9. The molecule has 0 aromatic heterocycles. The van der Waals surface area contributed by atoms with Crippen LogP contribution in [0, 0.1) is 5.82 Å². The Balaban J connectivity index is 1.64. The molecule has 1 heterocycles. The topological polar surface area (TPSA) is 47.5 Å². The van der Waals surface area contributed by atoms with Gasteiger partial charge in [0.2, 0.25) is 0 Å². The molecular formula is C29H30FN3O. The lowest BCUT2D eigenvalue weighted by Gasteiger charge is -2.31. The largest absolute Gasteiger partial charge is 0.508 e. The number of anilines is 2. The highest BCUT2D eigenvalue weighted by atomic mass is 19.1. The van der Waals surface area contributed by atoms with Crippen molar-refractivity contribution >= 4 is 16.9 Å². The molecule has 0 fully saturated rings. The highest BCUT2D eigenvalue weighted by Crippen LogP contribution is 2.41. The zero-order valence-corrected chi connectivity index (χ0v) is 19.4. The first-order valence-electron chi connectivity index (χ1n) is 11.4. The Bertz CT molecular complexity index is 1220. The summed E-state index contributed by atoms with van der Waals surface area (Å²) in [6, 6.07) is 21.9. The van der Waals surface area contributed by atoms with Crippen LogP contribution in [-0.4, -0.2) is 25.2 Å². The van der Waals surface area contributed by atoms with Crippen LogP contribution < -0.4 is 15.5 Å². The molecular weight excluding hydrogens is 425 g/mol. The van der Waals surface area contributed by atoms with Crippen molar-refractivity contribution in [2.75, 3.05) is 30.4 Å². The second kappa shape index (κ2) is 10.4. The number of hydrogen-bond donors (Lipinski definition) is 3. The Morgan fingerprint density at radius 2 is 1.71 bits per heavy atom. The zero-order chi connectivity index (χ0) is 24.1. The third kappa shape index (κ3) is 5.05. The molecule has 1 aliphatic rings. The summed E-state index contributed by atoms with van der Waals surface area (Å²) in [5.74, 6) is -0.434. The van der Waals surface area contributed by atoms with Gasteiger partial charge in [0.05, 0.1) is 11.4 Å². The van der Waals surface area contributed by atoms with Crippen LogP contribution in [0.3, 0.4) is 0 Å². The summed E-state index contributed by atoms with van der Waals surface area (Å²) in [6.45, 7) is 9.83. The summed E-state index contributed by atoms with van der Waals surface area (Å²) in [6.07, 6.45) is 2.71. The van der Waals surface area contributed by atoms with Crippen molar-refractivity contribution in [3.8, 4) is 11.1 Å². The van der Waals surface area contributed by atoms with Gasteiger partial charge in [0.1, 0.15) is 11.6 Å². The molecule has 0 saturated heterocycles. The van der Waals surface area contributed by atoms with E-state index >= 15 is 0 Å². The van der Waals surface area contributed by atoms with Crippen molar-refractivity contribution < 1.29 is 9.50 Å². The first-order chi connectivity index (χ1) is 16.5. The van der Waals surface area contributed by atoms with Gasteiger partial charge in [-0.3, -0.25) is 0 Å². The van der Waals surface area contributed by atoms with Gasteiger partial charge in [0.25, 0.3) is 0 Å². The van der Waals surface area contributed by atoms with Crippen LogP contribution in [0.5, 0.6) is 0 Å². The molecule has 0 spiro atoms. The first kappa shape index (κ1) is 23.3. The van der Waals surface area contributed by atoms with E-state index in [1.165, 1.54) is 6.07 Å². The fourth-order valence-corrected chi connectivity index (χ4v) is 4.12. The number of hydrogen-bond acceptors (Lipinski definition) is 4. The van der Waals surface area contributed by atoms with Crippen LogP contribution >= 0.6 is 0 Å². The van der Waals surface area contributed by atoms with Crippen LogP contribution in [0.2, 0.25) is 0 Å². The van der Waals surface area contributed by atoms with E-state index < -0.39 is 0 Å². The summed E-state index contributed by atoms with van der Waals surface area (Å²) >= 11 is 0. The molecule has 0 bridgehead atoms. The molecule has 0 saturated carbocycles. The molecule has 1 aliphatic heterocycles. The predicted molar refractivity (Wildman–Crippen MR) is 140 cm³/mol. The van der Waals surface area contributed by atoms with Crippen LogP contribution in [0.25, 0.3) is 16.7 Å². The summed E-state index contributed by atoms with van der Waals surface area (Å²) in [5, 5.41) is 16.4. The summed E-state index contributed by atoms with van der Waals surface area (Å²) in [5.41, 5.74) is 6.38. The lowest BCUT2D eigenvalue weighted by molar-refractivity contribution is 0.429. The average molecular weight is 456 g/mol. The fraction of sp³-hybridized carbons (Fsp3) is 0.172. The minimum atomic E-state index is -0.346. The minimum absolute atomic E-state index is 0.0882. The smallest absolute Gasteiger partial charge is 0.147 e. The van der Waals surface area contributed by atoms with Crippen molar-refractivity contribution in [2.24, 2.45) is 0 Å². The Morgan fingerprint density at radius 3 is 2.38 bits per heavy atom. The fourth-order valence-electron chi connectivity index (χ4n) is 4.12. The highest BCUT2D eigenvalue weighted by Gasteiger charge is 2.25. The van der Waals surface area contributed by atoms with Crippen molar-refractivity contribution in [3.63, 3.8) is 0 Å². The maximum absolute atomic E-state index is 14.9. The highest BCUT2D eigenvalue weighted by molar-refractivity contribution is 5.92. The van der Waals surface area contributed by atoms with E-state index in [9.17, 15) is 9.50 Å². The zero-order valence-electron chi connectivity index (χ0n) is 19.4. The number of aliphatic hydroxyl groups excluding tert-OH is 1. The van der Waals surface area contributed by atoms with Gasteiger partial charge in [-0.05, 0) is 54.4 Å². The lowest BCUT2D eigenvalue weighted by Crippen LogP contribution is -2.22. The van der Waals surface area contributed by atoms with Gasteiger partial charge in [-0.2, -0.15) is 0 Å². The summed E-state index contributed by atoms with van der Waals surface area (Å²) in [4.78, 5) is 2.01.